The number of hydrogen-bond acceptors (Lipinski definition) is 16. The van der Waals surface area contributed by atoms with Gasteiger partial charge in [-0.15, -0.1) is 0 Å². The first kappa shape index (κ1) is 70.8. The lowest BCUT2D eigenvalue weighted by atomic mass is 9.98. The smallest absolute Gasteiger partial charge is 0.327 e. The Morgan fingerprint density at radius 2 is 0.917 bits per heavy atom. The number of para-hydroxylation sites is 1. The number of carbonyl (C=O) groups is 11. The Labute approximate surface area is 498 Å². The highest BCUT2D eigenvalue weighted by atomic mass is 32.1. The van der Waals surface area contributed by atoms with Gasteiger partial charge in [0.1, 0.15) is 60.1 Å². The molecule has 3 aromatic rings. The second-order valence-electron chi connectivity index (χ2n) is 22.2. The van der Waals surface area contributed by atoms with Gasteiger partial charge in [-0.05, 0) is 72.8 Å². The summed E-state index contributed by atoms with van der Waals surface area (Å²) in [6.07, 6.45) is -1.49. The molecular weight excluding hydrogens is 1130 g/mol. The number of phenols is 1. The normalized spacial score (nSPS) is 15.4. The number of carbonyl (C=O) groups excluding carboxylic acids is 9. The number of aliphatic carboxylic acids is 2. The molecule has 0 radical (unpaired) electrons. The number of fused-ring (bicyclic) bond motifs is 1. The van der Waals surface area contributed by atoms with Gasteiger partial charge in [-0.3, -0.25) is 47.9 Å². The second-order valence-corrected chi connectivity index (χ2v) is 22.9. The van der Waals surface area contributed by atoms with Crippen molar-refractivity contribution >= 4 is 101 Å². The lowest BCUT2D eigenvalue weighted by Gasteiger charge is -2.30. The molecular formula is C56H83N11O15S2. The molecule has 1 heterocycles. The molecule has 0 unspecified atom stereocenters. The molecule has 11 atom stereocenters. The maximum absolute atomic E-state index is 14.5. The Balaban J connectivity index is 1.98. The molecule has 16 N–H and O–H groups in total. The first-order chi connectivity index (χ1) is 39.4. The number of rotatable bonds is 34. The molecule has 9 amide bonds. The summed E-state index contributed by atoms with van der Waals surface area (Å²) < 4.78 is 0. The number of aromatic nitrogens is 1. The molecule has 1 aromatic heterocycles. The van der Waals surface area contributed by atoms with E-state index >= 15 is 0 Å². The maximum atomic E-state index is 14.5. The van der Waals surface area contributed by atoms with Crippen LogP contribution >= 0.6 is 25.3 Å². The largest absolute Gasteiger partial charge is 0.508 e. The van der Waals surface area contributed by atoms with Crippen molar-refractivity contribution in [2.75, 3.05) is 11.5 Å². The molecule has 0 aliphatic rings. The minimum atomic E-state index is -1.93. The molecule has 0 aliphatic heterocycles. The summed E-state index contributed by atoms with van der Waals surface area (Å²) >= 11 is 8.00. The summed E-state index contributed by atoms with van der Waals surface area (Å²) in [7, 11) is 0. The van der Waals surface area contributed by atoms with Crippen LogP contribution in [0.5, 0.6) is 5.75 Å². The number of carboxylic acids is 2. The summed E-state index contributed by atoms with van der Waals surface area (Å²) in [5, 5.41) is 63.6. The number of benzene rings is 2. The topological polar surface area (TPSA) is 419 Å². The number of carboxylic acid groups (broad SMARTS) is 2. The zero-order valence-electron chi connectivity index (χ0n) is 48.6. The molecule has 0 saturated heterocycles. The second kappa shape index (κ2) is 33.8. The summed E-state index contributed by atoms with van der Waals surface area (Å²) in [6.45, 7) is 14.7. The van der Waals surface area contributed by atoms with E-state index in [1.807, 2.05) is 0 Å². The van der Waals surface area contributed by atoms with Crippen LogP contribution in [-0.2, 0) is 65.6 Å². The van der Waals surface area contributed by atoms with Crippen LogP contribution in [0.3, 0.4) is 0 Å². The van der Waals surface area contributed by atoms with Gasteiger partial charge in [0, 0.05) is 41.4 Å². The van der Waals surface area contributed by atoms with Crippen molar-refractivity contribution in [2.45, 2.75) is 161 Å². The van der Waals surface area contributed by atoms with Gasteiger partial charge >= 0.3 is 11.9 Å². The van der Waals surface area contributed by atoms with Crippen LogP contribution in [-0.4, -0.2) is 169 Å². The van der Waals surface area contributed by atoms with Crippen LogP contribution in [0.4, 0.5) is 0 Å². The summed E-state index contributed by atoms with van der Waals surface area (Å²) in [5.41, 5.74) is 7.40. The van der Waals surface area contributed by atoms with Gasteiger partial charge in [-0.25, -0.2) is 4.79 Å². The number of amides is 9. The highest BCUT2D eigenvalue weighted by molar-refractivity contribution is 7.80. The van der Waals surface area contributed by atoms with E-state index in [9.17, 15) is 73.2 Å². The number of aromatic amines is 1. The van der Waals surface area contributed by atoms with Crippen LogP contribution in [0.15, 0.2) is 54.7 Å². The van der Waals surface area contributed by atoms with Gasteiger partial charge in [0.15, 0.2) is 0 Å². The zero-order chi connectivity index (χ0) is 63.3. The van der Waals surface area contributed by atoms with Crippen molar-refractivity contribution in [3.63, 3.8) is 0 Å². The number of aromatic hydroxyl groups is 1. The predicted molar refractivity (Wildman–Crippen MR) is 317 cm³/mol. The van der Waals surface area contributed by atoms with Crippen molar-refractivity contribution in [3.05, 3.63) is 65.9 Å². The molecule has 26 nitrogen and oxygen atoms in total. The fraction of sp³-hybridized carbons (Fsp3) is 0.554. The number of hydrogen-bond donors (Lipinski definition) is 17. The number of thiol groups is 2. The molecule has 0 spiro atoms. The summed E-state index contributed by atoms with van der Waals surface area (Å²) in [4.78, 5) is 153. The fourth-order valence-corrected chi connectivity index (χ4v) is 9.12. The van der Waals surface area contributed by atoms with E-state index in [2.05, 4.69) is 78.1 Å². The van der Waals surface area contributed by atoms with Crippen molar-refractivity contribution in [1.82, 2.24) is 52.8 Å². The van der Waals surface area contributed by atoms with Gasteiger partial charge in [0.25, 0.3) is 0 Å². The van der Waals surface area contributed by atoms with E-state index in [-0.39, 0.29) is 54.8 Å². The number of nitrogens with two attached hydrogens (primary N) is 1. The molecule has 28 heteroatoms. The Morgan fingerprint density at radius 3 is 1.40 bits per heavy atom. The standard InChI is InChI=1S/C56H83N11O15S2/c1-26(2)18-37(59-49(74)38(19-27(3)4)62-53(78)44(28(5)6)65-47(72)35(57)24-83)48(73)60-39(20-31-14-16-33(69)17-15-31)50(75)61-41(22-43(70)71)52(77)66-45(29(7)8)54(79)63-40(21-32-23-58-36-13-11-10-12-34(32)36)51(76)67-46(30(9)68)55(80)64-42(25-84)56(81)82/h10-17,23,26-30,35,37-42,44-46,58,68-69,83-84H,18-22,24-25,57H2,1-9H3,(H,59,74)(H,60,73)(H,61,75)(H,62,78)(H,63,79)(H,64,80)(H,65,72)(H,66,77)(H,67,76)(H,70,71)(H,81,82)/t30-,35+,37+,38+,39+,40+,41+,42+,44+,45+,46+/m1/s1. The van der Waals surface area contributed by atoms with Crippen LogP contribution < -0.4 is 53.6 Å². The van der Waals surface area contributed by atoms with Crippen LogP contribution in [0.25, 0.3) is 10.9 Å². The van der Waals surface area contributed by atoms with Gasteiger partial charge in [-0.2, -0.15) is 25.3 Å². The number of H-pyrrole nitrogens is 1. The maximum Gasteiger partial charge on any atom is 0.327 e. The fourth-order valence-electron chi connectivity index (χ4n) is 8.71. The molecule has 2 aromatic carbocycles. The Bertz CT molecular complexity index is 2780. The SMILES string of the molecule is CC(C)C[C@H](NC(=O)[C@H](CC(C)C)NC(=O)[C@@H](NC(=O)[C@@H](N)CS)C(C)C)C(=O)N[C@@H](Cc1ccc(O)cc1)C(=O)N[C@@H](CC(=O)O)C(=O)N[C@H](C(=O)N[C@@H](Cc1c[nH]c2ccccc12)C(=O)N[C@H](C(=O)N[C@@H](CS)C(=O)O)[C@@H](C)O)C(C)C. The van der Waals surface area contributed by atoms with Crippen LogP contribution in [0, 0.1) is 23.7 Å². The van der Waals surface area contributed by atoms with Gasteiger partial charge < -0.3 is 79.0 Å². The van der Waals surface area contributed by atoms with E-state index in [1.165, 1.54) is 45.0 Å². The lowest BCUT2D eigenvalue weighted by molar-refractivity contribution is -0.142. The average molecular weight is 1210 g/mol. The van der Waals surface area contributed by atoms with Crippen molar-refractivity contribution in [3.8, 4) is 5.75 Å². The van der Waals surface area contributed by atoms with Gasteiger partial charge in [-0.1, -0.05) is 85.7 Å². The molecule has 0 bridgehead atoms. The number of aliphatic hydroxyl groups excluding tert-OH is 1. The van der Waals surface area contributed by atoms with E-state index in [0.29, 0.717) is 22.0 Å². The molecule has 0 aliphatic carbocycles. The highest BCUT2D eigenvalue weighted by Crippen LogP contribution is 2.21. The van der Waals surface area contributed by atoms with Crippen LogP contribution in [0.1, 0.15) is 92.7 Å². The monoisotopic (exact) mass is 1210 g/mol. The first-order valence-corrected chi connectivity index (χ1v) is 28.8. The third-order valence-electron chi connectivity index (χ3n) is 13.3. The number of phenolic OH excluding ortho intramolecular Hbond substituents is 1. The van der Waals surface area contributed by atoms with Crippen molar-refractivity contribution in [1.29, 1.82) is 0 Å². The number of nitrogens with one attached hydrogen (secondary N) is 10. The molecule has 0 saturated carbocycles. The third kappa shape index (κ3) is 22.3. The third-order valence-corrected chi connectivity index (χ3v) is 14.1. The highest BCUT2D eigenvalue weighted by Gasteiger charge is 2.38. The summed E-state index contributed by atoms with van der Waals surface area (Å²) in [5.74, 6) is -13.4. The molecule has 3 rings (SSSR count). The quantitative estimate of drug-likeness (QED) is 0.0337. The van der Waals surface area contributed by atoms with E-state index < -0.39 is 150 Å². The zero-order valence-corrected chi connectivity index (χ0v) is 50.3. The van der Waals surface area contributed by atoms with E-state index in [1.54, 1.807) is 72.0 Å². The Morgan fingerprint density at radius 1 is 0.500 bits per heavy atom. The Kier molecular flexibility index (Phi) is 28.5. The predicted octanol–water partition coefficient (Wildman–Crippen LogP) is -0.447. The first-order valence-electron chi connectivity index (χ1n) is 27.5. The van der Waals surface area contributed by atoms with Crippen molar-refractivity contribution < 1.29 is 73.2 Å². The lowest BCUT2D eigenvalue weighted by Crippen LogP contribution is -2.62. The van der Waals surface area contributed by atoms with E-state index in [0.717, 1.165) is 0 Å². The number of aliphatic hydroxyl groups is 1. The van der Waals surface area contributed by atoms with Crippen LogP contribution in [0.2, 0.25) is 0 Å². The molecule has 464 valence electrons. The minimum absolute atomic E-state index is 0.00370. The average Bonchev–Trinajstić information content (AvgIpc) is 3.87. The van der Waals surface area contributed by atoms with Gasteiger partial charge in [0.05, 0.1) is 18.6 Å². The molecule has 84 heavy (non-hydrogen) atoms. The van der Waals surface area contributed by atoms with Gasteiger partial charge in [0.2, 0.25) is 53.2 Å². The minimum Gasteiger partial charge on any atom is -0.508 e. The molecule has 0 fully saturated rings. The summed E-state index contributed by atoms with van der Waals surface area (Å²) in [6, 6.07) is -2.01. The van der Waals surface area contributed by atoms with E-state index in [4.69, 9.17) is 5.73 Å². The Hall–Kier alpha value is -7.43. The van der Waals surface area contributed by atoms with Crippen molar-refractivity contribution in [2.24, 2.45) is 29.4 Å².